The number of ether oxygens (including phenoxy) is 2. The third-order valence-electron chi connectivity index (χ3n) is 2.65. The van der Waals surface area contributed by atoms with E-state index in [2.05, 4.69) is 0 Å². The number of halogens is 1. The van der Waals surface area contributed by atoms with Crippen molar-refractivity contribution < 1.29 is 14.3 Å². The van der Waals surface area contributed by atoms with Crippen LogP contribution >= 0.6 is 22.9 Å². The second-order valence-corrected chi connectivity index (χ2v) is 5.45. The monoisotopic (exact) mass is 311 g/mol. The van der Waals surface area contributed by atoms with Crippen molar-refractivity contribution in [1.82, 2.24) is 0 Å². The Morgan fingerprint density at radius 3 is 2.80 bits per heavy atom. The maximum Gasteiger partial charge on any atom is 0.350 e. The standard InChI is InChI=1S/C14H14ClNO3S/c1-3-19-14(17)13-10(16)7-12(20-13)9-6-8(15)4-5-11(9)18-2/h4-7H,3,16H2,1-2H3. The molecule has 0 aliphatic carbocycles. The van der Waals surface area contributed by atoms with Crippen molar-refractivity contribution in [3.63, 3.8) is 0 Å². The summed E-state index contributed by atoms with van der Waals surface area (Å²) in [7, 11) is 1.58. The van der Waals surface area contributed by atoms with Crippen LogP contribution in [0.1, 0.15) is 16.6 Å². The van der Waals surface area contributed by atoms with Gasteiger partial charge in [-0.25, -0.2) is 4.79 Å². The zero-order valence-corrected chi connectivity index (χ0v) is 12.7. The van der Waals surface area contributed by atoms with Gasteiger partial charge in [0.25, 0.3) is 0 Å². The Bertz CT molecular complexity index is 639. The molecule has 0 amide bonds. The van der Waals surface area contributed by atoms with E-state index in [1.807, 2.05) is 0 Å². The summed E-state index contributed by atoms with van der Waals surface area (Å²) in [6.07, 6.45) is 0. The highest BCUT2D eigenvalue weighted by molar-refractivity contribution is 7.18. The van der Waals surface area contributed by atoms with Crippen molar-refractivity contribution in [3.8, 4) is 16.2 Å². The molecule has 0 spiro atoms. The summed E-state index contributed by atoms with van der Waals surface area (Å²) in [5.74, 6) is 0.258. The number of carbonyl (C=O) groups is 1. The van der Waals surface area contributed by atoms with Crippen LogP contribution in [-0.2, 0) is 4.74 Å². The topological polar surface area (TPSA) is 61.5 Å². The minimum Gasteiger partial charge on any atom is -0.496 e. The Kier molecular flexibility index (Phi) is 4.52. The summed E-state index contributed by atoms with van der Waals surface area (Å²) in [4.78, 5) is 13.0. The summed E-state index contributed by atoms with van der Waals surface area (Å²) in [5, 5.41) is 0.588. The molecule has 0 saturated heterocycles. The number of carbonyl (C=O) groups excluding carboxylic acids is 1. The van der Waals surface area contributed by atoms with Crippen LogP contribution in [0.4, 0.5) is 5.69 Å². The van der Waals surface area contributed by atoms with Crippen molar-refractivity contribution >= 4 is 34.6 Å². The van der Waals surface area contributed by atoms with Crippen LogP contribution in [0.15, 0.2) is 24.3 Å². The van der Waals surface area contributed by atoms with Gasteiger partial charge in [0.05, 0.1) is 19.4 Å². The zero-order chi connectivity index (χ0) is 14.7. The van der Waals surface area contributed by atoms with E-state index >= 15 is 0 Å². The number of thiophene rings is 1. The van der Waals surface area contributed by atoms with E-state index in [9.17, 15) is 4.79 Å². The molecule has 0 fully saturated rings. The van der Waals surface area contributed by atoms with Crippen LogP contribution < -0.4 is 10.5 Å². The maximum absolute atomic E-state index is 11.8. The molecule has 20 heavy (non-hydrogen) atoms. The molecule has 0 radical (unpaired) electrons. The van der Waals surface area contributed by atoms with Crippen LogP contribution in [0.25, 0.3) is 10.4 Å². The van der Waals surface area contributed by atoms with E-state index in [0.29, 0.717) is 27.9 Å². The predicted octanol–water partition coefficient (Wildman–Crippen LogP) is 3.84. The van der Waals surface area contributed by atoms with Gasteiger partial charge in [-0.05, 0) is 31.2 Å². The zero-order valence-electron chi connectivity index (χ0n) is 11.1. The Morgan fingerprint density at radius 1 is 1.40 bits per heavy atom. The van der Waals surface area contributed by atoms with Gasteiger partial charge >= 0.3 is 5.97 Å². The molecular formula is C14H14ClNO3S. The molecular weight excluding hydrogens is 298 g/mol. The van der Waals surface area contributed by atoms with Crippen molar-refractivity contribution in [2.45, 2.75) is 6.92 Å². The predicted molar refractivity (Wildman–Crippen MR) is 81.7 cm³/mol. The molecule has 1 heterocycles. The number of rotatable bonds is 4. The lowest BCUT2D eigenvalue weighted by Gasteiger charge is -2.06. The SMILES string of the molecule is CCOC(=O)c1sc(-c2cc(Cl)ccc2OC)cc1N. The molecule has 0 unspecified atom stereocenters. The van der Waals surface area contributed by atoms with E-state index in [1.54, 1.807) is 38.3 Å². The fraction of sp³-hybridized carbons (Fsp3) is 0.214. The molecule has 6 heteroatoms. The minimum absolute atomic E-state index is 0.312. The van der Waals surface area contributed by atoms with E-state index in [0.717, 1.165) is 10.4 Å². The molecule has 2 N–H and O–H groups in total. The highest BCUT2D eigenvalue weighted by atomic mass is 35.5. The summed E-state index contributed by atoms with van der Waals surface area (Å²) in [6.45, 7) is 2.06. The number of nitrogens with two attached hydrogens (primary N) is 1. The molecule has 1 aromatic carbocycles. The van der Waals surface area contributed by atoms with Gasteiger partial charge in [-0.1, -0.05) is 11.6 Å². The Morgan fingerprint density at radius 2 is 2.15 bits per heavy atom. The first-order chi connectivity index (χ1) is 9.56. The normalized spacial score (nSPS) is 10.3. The molecule has 0 aliphatic rings. The van der Waals surface area contributed by atoms with Gasteiger partial charge in [0.15, 0.2) is 0 Å². The lowest BCUT2D eigenvalue weighted by molar-refractivity contribution is 0.0533. The van der Waals surface area contributed by atoms with Crippen LogP contribution in [0.5, 0.6) is 5.75 Å². The minimum atomic E-state index is -0.415. The fourth-order valence-electron chi connectivity index (χ4n) is 1.77. The van der Waals surface area contributed by atoms with Crippen molar-refractivity contribution in [2.24, 2.45) is 0 Å². The van der Waals surface area contributed by atoms with Crippen molar-refractivity contribution in [2.75, 3.05) is 19.5 Å². The van der Waals surface area contributed by atoms with Crippen LogP contribution in [0.2, 0.25) is 5.02 Å². The summed E-state index contributed by atoms with van der Waals surface area (Å²) >= 11 is 7.27. The van der Waals surface area contributed by atoms with Crippen LogP contribution in [-0.4, -0.2) is 19.7 Å². The second kappa shape index (κ2) is 6.15. The van der Waals surface area contributed by atoms with Crippen molar-refractivity contribution in [3.05, 3.63) is 34.2 Å². The molecule has 0 atom stereocenters. The Balaban J connectivity index is 2.47. The highest BCUT2D eigenvalue weighted by Gasteiger charge is 2.18. The number of methoxy groups -OCH3 is 1. The fourth-order valence-corrected chi connectivity index (χ4v) is 2.93. The molecule has 0 aliphatic heterocycles. The quantitative estimate of drug-likeness (QED) is 0.872. The number of nitrogen functional groups attached to an aromatic ring is 1. The largest absolute Gasteiger partial charge is 0.496 e. The number of anilines is 1. The molecule has 2 rings (SSSR count). The smallest absolute Gasteiger partial charge is 0.350 e. The first kappa shape index (κ1) is 14.7. The molecule has 106 valence electrons. The number of hydrogen-bond donors (Lipinski definition) is 1. The lowest BCUT2D eigenvalue weighted by atomic mass is 10.1. The molecule has 0 saturated carbocycles. The Labute approximate surface area is 126 Å². The van der Waals surface area contributed by atoms with E-state index < -0.39 is 5.97 Å². The summed E-state index contributed by atoms with van der Waals surface area (Å²) in [5.41, 5.74) is 7.07. The summed E-state index contributed by atoms with van der Waals surface area (Å²) < 4.78 is 10.3. The van der Waals surface area contributed by atoms with Gasteiger partial charge in [0.2, 0.25) is 0 Å². The van der Waals surface area contributed by atoms with Gasteiger partial charge in [-0.3, -0.25) is 0 Å². The third kappa shape index (κ3) is 2.89. The van der Waals surface area contributed by atoms with Crippen LogP contribution in [0, 0.1) is 0 Å². The van der Waals surface area contributed by atoms with Gasteiger partial charge < -0.3 is 15.2 Å². The van der Waals surface area contributed by atoms with Gasteiger partial charge in [0.1, 0.15) is 10.6 Å². The van der Waals surface area contributed by atoms with Crippen LogP contribution in [0.3, 0.4) is 0 Å². The third-order valence-corrected chi connectivity index (χ3v) is 4.05. The maximum atomic E-state index is 11.8. The van der Waals surface area contributed by atoms with E-state index in [1.165, 1.54) is 11.3 Å². The van der Waals surface area contributed by atoms with Gasteiger partial charge in [0, 0.05) is 15.5 Å². The summed E-state index contributed by atoms with van der Waals surface area (Å²) in [6, 6.07) is 7.02. The lowest BCUT2D eigenvalue weighted by Crippen LogP contribution is -2.04. The van der Waals surface area contributed by atoms with Crippen molar-refractivity contribution in [1.29, 1.82) is 0 Å². The van der Waals surface area contributed by atoms with E-state index in [4.69, 9.17) is 26.8 Å². The van der Waals surface area contributed by atoms with Gasteiger partial charge in [-0.2, -0.15) is 0 Å². The second-order valence-electron chi connectivity index (χ2n) is 3.96. The Hall–Kier alpha value is -1.72. The number of hydrogen-bond acceptors (Lipinski definition) is 5. The molecule has 2 aromatic rings. The highest BCUT2D eigenvalue weighted by Crippen LogP contribution is 2.39. The molecule has 0 bridgehead atoms. The molecule has 1 aromatic heterocycles. The average Bonchev–Trinajstić information content (AvgIpc) is 2.81. The number of esters is 1. The first-order valence-corrected chi connectivity index (χ1v) is 7.16. The average molecular weight is 312 g/mol. The van der Waals surface area contributed by atoms with Gasteiger partial charge in [-0.15, -0.1) is 11.3 Å². The number of benzene rings is 1. The van der Waals surface area contributed by atoms with E-state index in [-0.39, 0.29) is 0 Å². The molecule has 4 nitrogen and oxygen atoms in total. The first-order valence-electron chi connectivity index (χ1n) is 5.97.